The van der Waals surface area contributed by atoms with Crippen molar-refractivity contribution < 1.29 is 9.21 Å². The second kappa shape index (κ2) is 4.22. The second-order valence-corrected chi connectivity index (χ2v) is 3.59. The Labute approximate surface area is 92.9 Å². The molecule has 2 aromatic rings. The van der Waals surface area contributed by atoms with Gasteiger partial charge in [0, 0.05) is 6.20 Å². The van der Waals surface area contributed by atoms with E-state index in [2.05, 4.69) is 15.3 Å². The van der Waals surface area contributed by atoms with Crippen LogP contribution in [0.1, 0.15) is 27.6 Å². The fourth-order valence-electron chi connectivity index (χ4n) is 1.51. The van der Waals surface area contributed by atoms with E-state index >= 15 is 0 Å². The summed E-state index contributed by atoms with van der Waals surface area (Å²) in [4.78, 5) is 18.6. The SMILES string of the molecule is Cc1cc(C(=O)NCc2cnc[nH]2)c(C)o1. The molecule has 2 N–H and O–H groups in total. The van der Waals surface area contributed by atoms with Crippen LogP contribution in [0.3, 0.4) is 0 Å². The zero-order valence-electron chi connectivity index (χ0n) is 9.20. The molecule has 0 aliphatic rings. The summed E-state index contributed by atoms with van der Waals surface area (Å²) in [6.45, 7) is 4.03. The van der Waals surface area contributed by atoms with Gasteiger partial charge in [0.25, 0.3) is 5.91 Å². The number of amides is 1. The van der Waals surface area contributed by atoms with E-state index in [-0.39, 0.29) is 5.91 Å². The molecule has 0 unspecified atom stereocenters. The van der Waals surface area contributed by atoms with Gasteiger partial charge in [-0.15, -0.1) is 0 Å². The molecule has 0 radical (unpaired) electrons. The number of carbonyl (C=O) groups excluding carboxylic acids is 1. The number of aryl methyl sites for hydroxylation is 2. The summed E-state index contributed by atoms with van der Waals surface area (Å²) in [5.41, 5.74) is 1.45. The molecule has 84 valence electrons. The van der Waals surface area contributed by atoms with Crippen LogP contribution in [-0.4, -0.2) is 15.9 Å². The fraction of sp³-hybridized carbons (Fsp3) is 0.273. The molecule has 0 saturated heterocycles. The standard InChI is InChI=1S/C11H13N3O2/c1-7-3-10(8(2)16-7)11(15)13-5-9-4-12-6-14-9/h3-4,6H,5H2,1-2H3,(H,12,14)(H,13,15). The van der Waals surface area contributed by atoms with Crippen molar-refractivity contribution in [3.8, 4) is 0 Å². The first kappa shape index (κ1) is 10.5. The highest BCUT2D eigenvalue weighted by Gasteiger charge is 2.12. The summed E-state index contributed by atoms with van der Waals surface area (Å²) in [7, 11) is 0. The first-order valence-electron chi connectivity index (χ1n) is 4.99. The van der Waals surface area contributed by atoms with Crippen LogP contribution >= 0.6 is 0 Å². The zero-order chi connectivity index (χ0) is 11.5. The number of H-pyrrole nitrogens is 1. The van der Waals surface area contributed by atoms with E-state index in [9.17, 15) is 4.79 Å². The van der Waals surface area contributed by atoms with Gasteiger partial charge in [-0.05, 0) is 19.9 Å². The lowest BCUT2D eigenvalue weighted by molar-refractivity contribution is 0.0949. The average molecular weight is 219 g/mol. The van der Waals surface area contributed by atoms with Crippen molar-refractivity contribution >= 4 is 5.91 Å². The predicted molar refractivity (Wildman–Crippen MR) is 57.9 cm³/mol. The van der Waals surface area contributed by atoms with Gasteiger partial charge in [0.2, 0.25) is 0 Å². The van der Waals surface area contributed by atoms with Gasteiger partial charge in [0.1, 0.15) is 11.5 Å². The topological polar surface area (TPSA) is 70.9 Å². The fourth-order valence-corrected chi connectivity index (χ4v) is 1.51. The average Bonchev–Trinajstić information content (AvgIpc) is 2.84. The highest BCUT2D eigenvalue weighted by atomic mass is 16.3. The van der Waals surface area contributed by atoms with Gasteiger partial charge < -0.3 is 14.7 Å². The van der Waals surface area contributed by atoms with Crippen molar-refractivity contribution in [2.45, 2.75) is 20.4 Å². The van der Waals surface area contributed by atoms with Crippen LogP contribution in [0.25, 0.3) is 0 Å². The number of hydrogen-bond acceptors (Lipinski definition) is 3. The van der Waals surface area contributed by atoms with Crippen LogP contribution in [0.2, 0.25) is 0 Å². The number of hydrogen-bond donors (Lipinski definition) is 2. The highest BCUT2D eigenvalue weighted by molar-refractivity contribution is 5.95. The molecule has 0 aliphatic carbocycles. The molecule has 1 amide bonds. The van der Waals surface area contributed by atoms with Gasteiger partial charge in [0.15, 0.2) is 0 Å². The van der Waals surface area contributed by atoms with E-state index in [1.165, 1.54) is 0 Å². The third-order valence-electron chi connectivity index (χ3n) is 2.28. The van der Waals surface area contributed by atoms with Gasteiger partial charge in [0.05, 0.1) is 24.1 Å². The van der Waals surface area contributed by atoms with E-state index in [1.807, 2.05) is 6.92 Å². The van der Waals surface area contributed by atoms with Crippen LogP contribution in [0.15, 0.2) is 23.0 Å². The number of carbonyl (C=O) groups is 1. The monoisotopic (exact) mass is 219 g/mol. The molecule has 0 saturated carbocycles. The smallest absolute Gasteiger partial charge is 0.255 e. The summed E-state index contributed by atoms with van der Waals surface area (Å²) >= 11 is 0. The van der Waals surface area contributed by atoms with Crippen LogP contribution in [0.4, 0.5) is 0 Å². The molecular formula is C11H13N3O2. The lowest BCUT2D eigenvalue weighted by atomic mass is 10.2. The quantitative estimate of drug-likeness (QED) is 0.822. The first-order chi connectivity index (χ1) is 7.66. The van der Waals surface area contributed by atoms with Crippen molar-refractivity contribution in [3.05, 3.63) is 41.4 Å². The summed E-state index contributed by atoms with van der Waals surface area (Å²) in [6.07, 6.45) is 3.25. The largest absolute Gasteiger partial charge is 0.466 e. The van der Waals surface area contributed by atoms with Crippen molar-refractivity contribution in [1.82, 2.24) is 15.3 Å². The molecule has 0 fully saturated rings. The second-order valence-electron chi connectivity index (χ2n) is 3.59. The number of imidazole rings is 1. The number of rotatable bonds is 3. The lowest BCUT2D eigenvalue weighted by Crippen LogP contribution is -2.23. The Balaban J connectivity index is 2.01. The highest BCUT2D eigenvalue weighted by Crippen LogP contribution is 2.13. The first-order valence-corrected chi connectivity index (χ1v) is 4.99. The lowest BCUT2D eigenvalue weighted by Gasteiger charge is -2.01. The minimum atomic E-state index is -0.135. The van der Waals surface area contributed by atoms with E-state index < -0.39 is 0 Å². The Morgan fingerprint density at radius 1 is 1.56 bits per heavy atom. The number of aromatic nitrogens is 2. The third kappa shape index (κ3) is 2.13. The minimum absolute atomic E-state index is 0.135. The van der Waals surface area contributed by atoms with Gasteiger partial charge in [-0.25, -0.2) is 4.98 Å². The van der Waals surface area contributed by atoms with E-state index in [0.717, 1.165) is 11.5 Å². The molecule has 2 rings (SSSR count). The molecule has 5 nitrogen and oxygen atoms in total. The molecular weight excluding hydrogens is 206 g/mol. The maximum atomic E-state index is 11.8. The normalized spacial score (nSPS) is 10.4. The molecule has 2 aromatic heterocycles. The maximum Gasteiger partial charge on any atom is 0.255 e. The van der Waals surface area contributed by atoms with Gasteiger partial charge in [-0.1, -0.05) is 0 Å². The van der Waals surface area contributed by atoms with E-state index in [4.69, 9.17) is 4.42 Å². The Morgan fingerprint density at radius 2 is 2.38 bits per heavy atom. The Hall–Kier alpha value is -2.04. The van der Waals surface area contributed by atoms with Crippen LogP contribution < -0.4 is 5.32 Å². The van der Waals surface area contributed by atoms with E-state index in [1.54, 1.807) is 25.5 Å². The molecule has 2 heterocycles. The van der Waals surface area contributed by atoms with Crippen molar-refractivity contribution in [2.75, 3.05) is 0 Å². The van der Waals surface area contributed by atoms with Gasteiger partial charge >= 0.3 is 0 Å². The molecule has 5 heteroatoms. The minimum Gasteiger partial charge on any atom is -0.466 e. The molecule has 0 spiro atoms. The third-order valence-corrected chi connectivity index (χ3v) is 2.28. The molecule has 16 heavy (non-hydrogen) atoms. The Bertz CT molecular complexity index is 485. The number of aromatic amines is 1. The van der Waals surface area contributed by atoms with Crippen molar-refractivity contribution in [1.29, 1.82) is 0 Å². The maximum absolute atomic E-state index is 11.8. The Kier molecular flexibility index (Phi) is 2.76. The van der Waals surface area contributed by atoms with E-state index in [0.29, 0.717) is 17.9 Å². The van der Waals surface area contributed by atoms with Crippen LogP contribution in [0, 0.1) is 13.8 Å². The summed E-state index contributed by atoms with van der Waals surface area (Å²) in [6, 6.07) is 1.73. The summed E-state index contributed by atoms with van der Waals surface area (Å²) in [5, 5.41) is 2.79. The molecule has 0 bridgehead atoms. The molecule has 0 aliphatic heterocycles. The molecule has 0 aromatic carbocycles. The van der Waals surface area contributed by atoms with Crippen LogP contribution in [0.5, 0.6) is 0 Å². The zero-order valence-corrected chi connectivity index (χ0v) is 9.20. The Morgan fingerprint density at radius 3 is 2.94 bits per heavy atom. The predicted octanol–water partition coefficient (Wildman–Crippen LogP) is 1.55. The number of nitrogens with one attached hydrogen (secondary N) is 2. The number of nitrogens with zero attached hydrogens (tertiary/aromatic N) is 1. The van der Waals surface area contributed by atoms with Crippen LogP contribution in [-0.2, 0) is 6.54 Å². The van der Waals surface area contributed by atoms with Gasteiger partial charge in [-0.3, -0.25) is 4.79 Å². The van der Waals surface area contributed by atoms with Gasteiger partial charge in [-0.2, -0.15) is 0 Å². The molecule has 0 atom stereocenters. The van der Waals surface area contributed by atoms with Crippen molar-refractivity contribution in [3.63, 3.8) is 0 Å². The van der Waals surface area contributed by atoms with Crippen molar-refractivity contribution in [2.24, 2.45) is 0 Å². The number of furan rings is 1. The summed E-state index contributed by atoms with van der Waals surface area (Å²) in [5.74, 6) is 1.24. The summed E-state index contributed by atoms with van der Waals surface area (Å²) < 4.78 is 5.29.